The van der Waals surface area contributed by atoms with Crippen LogP contribution >= 0.6 is 11.3 Å². The Bertz CT molecular complexity index is 986. The molecular formula is C23H24N2O3S. The quantitative estimate of drug-likeness (QED) is 0.560. The maximum absolute atomic E-state index is 13.1. The summed E-state index contributed by atoms with van der Waals surface area (Å²) >= 11 is 1.29. The Hall–Kier alpha value is -2.86. The third kappa shape index (κ3) is 4.59. The number of rotatable bonds is 7. The van der Waals surface area contributed by atoms with Crippen LogP contribution in [0, 0.1) is 0 Å². The molecule has 0 spiro atoms. The summed E-state index contributed by atoms with van der Waals surface area (Å²) in [5.74, 6) is 0.436. The molecule has 1 aromatic carbocycles. The topological polar surface area (TPSA) is 62.6 Å². The molecule has 5 nitrogen and oxygen atoms in total. The lowest BCUT2D eigenvalue weighted by molar-refractivity contribution is 0.0734. The Balaban J connectivity index is 1.45. The normalized spacial score (nSPS) is 13.5. The predicted molar refractivity (Wildman–Crippen MR) is 114 cm³/mol. The molecule has 6 heteroatoms. The van der Waals surface area contributed by atoms with E-state index in [0.29, 0.717) is 28.4 Å². The van der Waals surface area contributed by atoms with E-state index < -0.39 is 0 Å². The monoisotopic (exact) mass is 408 g/mol. The zero-order valence-corrected chi connectivity index (χ0v) is 17.4. The number of nitrogens with zero attached hydrogens (tertiary/aromatic N) is 1. The van der Waals surface area contributed by atoms with E-state index in [1.807, 2.05) is 4.90 Å². The van der Waals surface area contributed by atoms with E-state index in [-0.39, 0.29) is 17.6 Å². The van der Waals surface area contributed by atoms with E-state index in [9.17, 15) is 9.59 Å². The van der Waals surface area contributed by atoms with Crippen LogP contribution in [0.25, 0.3) is 0 Å². The molecule has 0 saturated heterocycles. The average Bonchev–Trinajstić information content (AvgIpc) is 3.20. The molecule has 3 aromatic rings. The highest BCUT2D eigenvalue weighted by atomic mass is 32.1. The van der Waals surface area contributed by atoms with Crippen LogP contribution in [0.5, 0.6) is 0 Å². The van der Waals surface area contributed by atoms with Crippen LogP contribution in [-0.4, -0.2) is 22.8 Å². The number of nitrogens with one attached hydrogen (secondary N) is 1. The fourth-order valence-corrected chi connectivity index (χ4v) is 4.06. The summed E-state index contributed by atoms with van der Waals surface area (Å²) in [6.45, 7) is 4.95. The Kier molecular flexibility index (Phi) is 5.53. The van der Waals surface area contributed by atoms with Crippen molar-refractivity contribution in [3.8, 4) is 0 Å². The van der Waals surface area contributed by atoms with Crippen LogP contribution in [0.2, 0.25) is 0 Å². The number of carbonyl (C=O) groups is 2. The van der Waals surface area contributed by atoms with Crippen molar-refractivity contribution in [1.82, 2.24) is 4.90 Å². The predicted octanol–water partition coefficient (Wildman–Crippen LogP) is 5.52. The first-order chi connectivity index (χ1) is 14.0. The second-order valence-electron chi connectivity index (χ2n) is 7.66. The van der Waals surface area contributed by atoms with Crippen molar-refractivity contribution in [2.45, 2.75) is 45.2 Å². The first kappa shape index (κ1) is 19.5. The first-order valence-corrected chi connectivity index (χ1v) is 10.7. The number of carbonyl (C=O) groups excluding carboxylic acids is 2. The molecule has 1 fully saturated rings. The van der Waals surface area contributed by atoms with Crippen molar-refractivity contribution in [3.05, 3.63) is 76.6 Å². The van der Waals surface area contributed by atoms with Gasteiger partial charge >= 0.3 is 0 Å². The smallest absolute Gasteiger partial charge is 0.291 e. The summed E-state index contributed by atoms with van der Waals surface area (Å²) in [7, 11) is 0. The van der Waals surface area contributed by atoms with Gasteiger partial charge in [0.2, 0.25) is 0 Å². The van der Waals surface area contributed by atoms with Crippen LogP contribution in [0.3, 0.4) is 0 Å². The van der Waals surface area contributed by atoms with Crippen molar-refractivity contribution in [3.63, 3.8) is 0 Å². The SMILES string of the molecule is CC(C)c1ccc(CN(C(=O)c2ccc(NC(=O)c3ccco3)s2)C2CC2)cc1. The van der Waals surface area contributed by atoms with Gasteiger partial charge in [0.1, 0.15) is 0 Å². The largest absolute Gasteiger partial charge is 0.459 e. The zero-order valence-electron chi connectivity index (χ0n) is 16.6. The molecule has 0 aliphatic heterocycles. The molecule has 2 amide bonds. The molecule has 1 saturated carbocycles. The standard InChI is InChI=1S/C23H24N2O3S/c1-15(2)17-7-5-16(6-8-17)14-25(18-9-10-18)23(27)20-11-12-21(29-20)24-22(26)19-4-3-13-28-19/h3-8,11-13,15,18H,9-10,14H2,1-2H3,(H,24,26). The fraction of sp³-hybridized carbons (Fsp3) is 0.304. The number of thiophene rings is 1. The third-order valence-electron chi connectivity index (χ3n) is 5.05. The molecule has 2 heterocycles. The van der Waals surface area contributed by atoms with Gasteiger partial charge in [-0.15, -0.1) is 11.3 Å². The molecule has 0 atom stereocenters. The fourth-order valence-electron chi connectivity index (χ4n) is 3.20. The maximum atomic E-state index is 13.1. The summed E-state index contributed by atoms with van der Waals surface area (Å²) in [6.07, 6.45) is 3.55. The van der Waals surface area contributed by atoms with Crippen molar-refractivity contribution in [1.29, 1.82) is 0 Å². The Morgan fingerprint density at radius 3 is 2.52 bits per heavy atom. The number of furan rings is 1. The highest BCUT2D eigenvalue weighted by Gasteiger charge is 2.33. The average molecular weight is 409 g/mol. The first-order valence-electron chi connectivity index (χ1n) is 9.86. The van der Waals surface area contributed by atoms with Gasteiger partial charge in [0, 0.05) is 12.6 Å². The molecule has 4 rings (SSSR count). The molecule has 2 aromatic heterocycles. The maximum Gasteiger partial charge on any atom is 0.291 e. The van der Waals surface area contributed by atoms with Crippen LogP contribution in [0.15, 0.2) is 59.2 Å². The van der Waals surface area contributed by atoms with Crippen LogP contribution in [-0.2, 0) is 6.54 Å². The Morgan fingerprint density at radius 1 is 1.14 bits per heavy atom. The summed E-state index contributed by atoms with van der Waals surface area (Å²) < 4.78 is 5.11. The summed E-state index contributed by atoms with van der Waals surface area (Å²) in [5, 5.41) is 3.42. The summed E-state index contributed by atoms with van der Waals surface area (Å²) in [6, 6.07) is 15.6. The highest BCUT2D eigenvalue weighted by Crippen LogP contribution is 2.32. The van der Waals surface area contributed by atoms with Crippen LogP contribution in [0.1, 0.15) is 64.0 Å². The minimum Gasteiger partial charge on any atom is -0.459 e. The molecule has 29 heavy (non-hydrogen) atoms. The van der Waals surface area contributed by atoms with Gasteiger partial charge in [-0.25, -0.2) is 0 Å². The molecule has 150 valence electrons. The third-order valence-corrected chi connectivity index (χ3v) is 6.03. The number of benzene rings is 1. The Labute approximate surface area is 174 Å². The molecule has 1 aliphatic rings. The van der Waals surface area contributed by atoms with Gasteiger partial charge in [0.15, 0.2) is 5.76 Å². The van der Waals surface area contributed by atoms with Gasteiger partial charge < -0.3 is 14.6 Å². The van der Waals surface area contributed by atoms with E-state index >= 15 is 0 Å². The van der Waals surface area contributed by atoms with Gasteiger partial charge in [0.05, 0.1) is 16.1 Å². The van der Waals surface area contributed by atoms with Gasteiger partial charge in [-0.2, -0.15) is 0 Å². The van der Waals surface area contributed by atoms with Crippen LogP contribution < -0.4 is 5.32 Å². The second kappa shape index (κ2) is 8.25. The second-order valence-corrected chi connectivity index (χ2v) is 8.74. The van der Waals surface area contributed by atoms with Crippen LogP contribution in [0.4, 0.5) is 5.00 Å². The van der Waals surface area contributed by atoms with Gasteiger partial charge in [-0.3, -0.25) is 9.59 Å². The summed E-state index contributed by atoms with van der Waals surface area (Å²) in [4.78, 5) is 27.9. The van der Waals surface area contributed by atoms with E-state index in [2.05, 4.69) is 43.4 Å². The van der Waals surface area contributed by atoms with Gasteiger partial charge in [-0.1, -0.05) is 38.1 Å². The van der Waals surface area contributed by atoms with Crippen molar-refractivity contribution >= 4 is 28.2 Å². The van der Waals surface area contributed by atoms with Crippen molar-refractivity contribution < 1.29 is 14.0 Å². The van der Waals surface area contributed by atoms with Gasteiger partial charge in [0.25, 0.3) is 11.8 Å². The zero-order chi connectivity index (χ0) is 20.4. The van der Waals surface area contributed by atoms with Crippen molar-refractivity contribution in [2.24, 2.45) is 0 Å². The molecule has 1 N–H and O–H groups in total. The van der Waals surface area contributed by atoms with E-state index in [1.165, 1.54) is 23.2 Å². The number of hydrogen-bond donors (Lipinski definition) is 1. The van der Waals surface area contributed by atoms with E-state index in [0.717, 1.165) is 18.4 Å². The molecular weight excluding hydrogens is 384 g/mol. The van der Waals surface area contributed by atoms with Crippen molar-refractivity contribution in [2.75, 3.05) is 5.32 Å². The lowest BCUT2D eigenvalue weighted by Gasteiger charge is -2.22. The molecule has 1 aliphatic carbocycles. The van der Waals surface area contributed by atoms with Gasteiger partial charge in [-0.05, 0) is 54.2 Å². The molecule has 0 radical (unpaired) electrons. The summed E-state index contributed by atoms with van der Waals surface area (Å²) in [5.41, 5.74) is 2.44. The Morgan fingerprint density at radius 2 is 1.90 bits per heavy atom. The molecule has 0 bridgehead atoms. The number of amides is 2. The lowest BCUT2D eigenvalue weighted by atomic mass is 10.0. The lowest BCUT2D eigenvalue weighted by Crippen LogP contribution is -2.32. The van der Waals surface area contributed by atoms with E-state index in [1.54, 1.807) is 24.3 Å². The number of hydrogen-bond acceptors (Lipinski definition) is 4. The minimum atomic E-state index is -0.319. The molecule has 0 unspecified atom stereocenters. The van der Waals surface area contributed by atoms with E-state index in [4.69, 9.17) is 4.42 Å². The minimum absolute atomic E-state index is 0.0175. The highest BCUT2D eigenvalue weighted by molar-refractivity contribution is 7.18. The number of anilines is 1.